The number of aliphatic imine (C=N–C) groups is 1. The molecule has 0 fully saturated rings. The fourth-order valence-corrected chi connectivity index (χ4v) is 1.89. The minimum absolute atomic E-state index is 0.0292. The fraction of sp³-hybridized carbons (Fsp3) is 0.263. The van der Waals surface area contributed by atoms with Crippen LogP contribution in [0.4, 0.5) is 5.69 Å². The van der Waals surface area contributed by atoms with E-state index in [-0.39, 0.29) is 11.4 Å². The molecule has 0 saturated carbocycles. The van der Waals surface area contributed by atoms with Gasteiger partial charge in [-0.15, -0.1) is 0 Å². The van der Waals surface area contributed by atoms with Crippen molar-refractivity contribution in [3.8, 4) is 11.5 Å². The molecule has 0 atom stereocenters. The van der Waals surface area contributed by atoms with Crippen molar-refractivity contribution in [2.24, 2.45) is 21.9 Å². The number of carbonyl (C=O) groups is 1. The van der Waals surface area contributed by atoms with Crippen molar-refractivity contribution in [2.75, 3.05) is 6.61 Å². The normalized spacial score (nSPS) is 10.8. The highest BCUT2D eigenvalue weighted by Gasteiger charge is 2.12. The van der Waals surface area contributed by atoms with Gasteiger partial charge in [0, 0.05) is 0 Å². The van der Waals surface area contributed by atoms with Gasteiger partial charge in [0.05, 0.1) is 17.9 Å². The van der Waals surface area contributed by atoms with Gasteiger partial charge < -0.3 is 20.9 Å². The largest absolute Gasteiger partial charge is 0.493 e. The highest BCUT2D eigenvalue weighted by Crippen LogP contribution is 2.21. The van der Waals surface area contributed by atoms with E-state index in [4.69, 9.17) is 20.9 Å². The Bertz CT molecular complexity index is 741. The maximum absolute atomic E-state index is 12.2. The summed E-state index contributed by atoms with van der Waals surface area (Å²) < 4.78 is 11.0. The first-order chi connectivity index (χ1) is 11.7. The Hall–Kier alpha value is -3.02. The van der Waals surface area contributed by atoms with Crippen LogP contribution in [0.1, 0.15) is 31.1 Å². The van der Waals surface area contributed by atoms with Crippen LogP contribution in [0.3, 0.4) is 0 Å². The average molecular weight is 341 g/mol. The van der Waals surface area contributed by atoms with E-state index in [1.807, 2.05) is 0 Å². The molecule has 132 valence electrons. The maximum atomic E-state index is 12.2. The fourth-order valence-electron chi connectivity index (χ4n) is 1.89. The van der Waals surface area contributed by atoms with E-state index in [9.17, 15) is 4.79 Å². The first kappa shape index (κ1) is 18.3. The highest BCUT2D eigenvalue weighted by atomic mass is 16.5. The van der Waals surface area contributed by atoms with E-state index in [0.29, 0.717) is 29.4 Å². The third-order valence-electron chi connectivity index (χ3n) is 3.07. The summed E-state index contributed by atoms with van der Waals surface area (Å²) in [5.41, 5.74) is 11.7. The first-order valence-electron chi connectivity index (χ1n) is 7.88. The van der Waals surface area contributed by atoms with Crippen LogP contribution in [0.2, 0.25) is 0 Å². The second-order valence-corrected chi connectivity index (χ2v) is 6.79. The molecule has 0 amide bonds. The lowest BCUT2D eigenvalue weighted by molar-refractivity contribution is 0.0734. The van der Waals surface area contributed by atoms with Crippen LogP contribution < -0.4 is 20.9 Å². The molecule has 2 aromatic rings. The van der Waals surface area contributed by atoms with Gasteiger partial charge in [-0.25, -0.2) is 9.79 Å². The summed E-state index contributed by atoms with van der Waals surface area (Å²) in [4.78, 5) is 16.1. The summed E-state index contributed by atoms with van der Waals surface area (Å²) in [6.45, 7) is 6.88. The highest BCUT2D eigenvalue weighted by molar-refractivity contribution is 5.91. The van der Waals surface area contributed by atoms with Crippen molar-refractivity contribution in [1.82, 2.24) is 0 Å². The number of ether oxygens (including phenoxy) is 2. The predicted octanol–water partition coefficient (Wildman–Crippen LogP) is 3.24. The number of benzene rings is 2. The molecule has 2 aromatic carbocycles. The zero-order valence-electron chi connectivity index (χ0n) is 14.7. The van der Waals surface area contributed by atoms with Crippen LogP contribution >= 0.6 is 0 Å². The van der Waals surface area contributed by atoms with Gasteiger partial charge >= 0.3 is 5.97 Å². The molecule has 0 aliphatic heterocycles. The van der Waals surface area contributed by atoms with Gasteiger partial charge in [0.1, 0.15) is 11.5 Å². The molecular weight excluding hydrogens is 318 g/mol. The molecule has 0 aliphatic rings. The van der Waals surface area contributed by atoms with Gasteiger partial charge in [-0.1, -0.05) is 20.8 Å². The van der Waals surface area contributed by atoms with Crippen LogP contribution in [0.5, 0.6) is 11.5 Å². The molecule has 6 heteroatoms. The Kier molecular flexibility index (Phi) is 5.64. The zero-order valence-corrected chi connectivity index (χ0v) is 14.7. The molecule has 0 bridgehead atoms. The average Bonchev–Trinajstić information content (AvgIpc) is 2.54. The second kappa shape index (κ2) is 7.70. The quantitative estimate of drug-likeness (QED) is 0.376. The SMILES string of the molecule is CC(C)(C)COc1ccc(C(=O)Oc2ccc(N=C(N)N)cc2)cc1. The van der Waals surface area contributed by atoms with Crippen LogP contribution in [-0.4, -0.2) is 18.5 Å². The molecule has 0 aliphatic carbocycles. The first-order valence-corrected chi connectivity index (χ1v) is 7.88. The smallest absolute Gasteiger partial charge is 0.343 e. The minimum Gasteiger partial charge on any atom is -0.493 e. The molecule has 0 saturated heterocycles. The van der Waals surface area contributed by atoms with Gasteiger partial charge in [0.15, 0.2) is 5.96 Å². The molecule has 4 N–H and O–H groups in total. The Balaban J connectivity index is 1.97. The molecule has 6 nitrogen and oxygen atoms in total. The summed E-state index contributed by atoms with van der Waals surface area (Å²) in [5.74, 6) is 0.649. The zero-order chi connectivity index (χ0) is 18.4. The summed E-state index contributed by atoms with van der Waals surface area (Å²) in [6.07, 6.45) is 0. The third-order valence-corrected chi connectivity index (χ3v) is 3.07. The summed E-state index contributed by atoms with van der Waals surface area (Å²) in [6, 6.07) is 13.4. The van der Waals surface area contributed by atoms with Crippen molar-refractivity contribution in [1.29, 1.82) is 0 Å². The Morgan fingerprint density at radius 3 is 2.04 bits per heavy atom. The summed E-state index contributed by atoms with van der Waals surface area (Å²) in [7, 11) is 0. The van der Waals surface area contributed by atoms with Gasteiger partial charge in [0.25, 0.3) is 0 Å². The topological polar surface area (TPSA) is 99.9 Å². The van der Waals surface area contributed by atoms with E-state index in [0.717, 1.165) is 0 Å². The minimum atomic E-state index is -0.447. The number of hydrogen-bond donors (Lipinski definition) is 2. The Labute approximate surface area is 147 Å². The molecule has 25 heavy (non-hydrogen) atoms. The third kappa shape index (κ3) is 6.18. The number of nitrogens with two attached hydrogens (primary N) is 2. The van der Waals surface area contributed by atoms with Crippen molar-refractivity contribution >= 4 is 17.6 Å². The summed E-state index contributed by atoms with van der Waals surface area (Å²) >= 11 is 0. The number of hydrogen-bond acceptors (Lipinski definition) is 4. The number of esters is 1. The van der Waals surface area contributed by atoms with Crippen molar-refractivity contribution in [2.45, 2.75) is 20.8 Å². The van der Waals surface area contributed by atoms with Crippen LogP contribution in [0, 0.1) is 5.41 Å². The Morgan fingerprint density at radius 2 is 1.52 bits per heavy atom. The van der Waals surface area contributed by atoms with Crippen LogP contribution in [0.25, 0.3) is 0 Å². The van der Waals surface area contributed by atoms with Gasteiger partial charge in [-0.2, -0.15) is 0 Å². The monoisotopic (exact) mass is 341 g/mol. The molecule has 0 heterocycles. The molecule has 0 unspecified atom stereocenters. The van der Waals surface area contributed by atoms with Gasteiger partial charge in [-0.3, -0.25) is 0 Å². The number of rotatable bonds is 5. The molecule has 0 radical (unpaired) electrons. The lowest BCUT2D eigenvalue weighted by atomic mass is 9.99. The van der Waals surface area contributed by atoms with Crippen LogP contribution in [0.15, 0.2) is 53.5 Å². The standard InChI is InChI=1S/C19H23N3O3/c1-19(2,3)12-24-15-8-4-13(5-9-15)17(23)25-16-10-6-14(7-11-16)22-18(20)21/h4-11H,12H2,1-3H3,(H4,20,21,22). The van der Waals surface area contributed by atoms with E-state index < -0.39 is 5.97 Å². The number of carbonyl (C=O) groups excluding carboxylic acids is 1. The lowest BCUT2D eigenvalue weighted by Gasteiger charge is -2.18. The molecule has 2 rings (SSSR count). The van der Waals surface area contributed by atoms with E-state index in [1.54, 1.807) is 48.5 Å². The van der Waals surface area contributed by atoms with Crippen molar-refractivity contribution in [3.05, 3.63) is 54.1 Å². The number of nitrogens with zero attached hydrogens (tertiary/aromatic N) is 1. The maximum Gasteiger partial charge on any atom is 0.343 e. The molecule has 0 spiro atoms. The van der Waals surface area contributed by atoms with Crippen molar-refractivity contribution in [3.63, 3.8) is 0 Å². The van der Waals surface area contributed by atoms with E-state index >= 15 is 0 Å². The van der Waals surface area contributed by atoms with E-state index in [1.165, 1.54) is 0 Å². The predicted molar refractivity (Wildman–Crippen MR) is 98.3 cm³/mol. The van der Waals surface area contributed by atoms with Gasteiger partial charge in [0.2, 0.25) is 0 Å². The van der Waals surface area contributed by atoms with E-state index in [2.05, 4.69) is 25.8 Å². The van der Waals surface area contributed by atoms with Crippen molar-refractivity contribution < 1.29 is 14.3 Å². The molecule has 0 aromatic heterocycles. The van der Waals surface area contributed by atoms with Crippen LogP contribution in [-0.2, 0) is 0 Å². The second-order valence-electron chi connectivity index (χ2n) is 6.79. The summed E-state index contributed by atoms with van der Waals surface area (Å²) in [5, 5.41) is 0. The van der Waals surface area contributed by atoms with Gasteiger partial charge in [-0.05, 0) is 53.9 Å². The number of guanidine groups is 1. The molecular formula is C19H23N3O3. The Morgan fingerprint density at radius 1 is 0.960 bits per heavy atom. The lowest BCUT2D eigenvalue weighted by Crippen LogP contribution is -2.21.